The summed E-state index contributed by atoms with van der Waals surface area (Å²) in [4.78, 5) is 28.9. The minimum Gasteiger partial charge on any atom is -0.484 e. The van der Waals surface area contributed by atoms with Gasteiger partial charge in [-0.1, -0.05) is 37.3 Å². The van der Waals surface area contributed by atoms with Gasteiger partial charge >= 0.3 is 0 Å². The molecule has 0 unspecified atom stereocenters. The van der Waals surface area contributed by atoms with Crippen LogP contribution in [0.5, 0.6) is 5.75 Å². The fourth-order valence-corrected chi connectivity index (χ4v) is 2.73. The van der Waals surface area contributed by atoms with Crippen molar-refractivity contribution in [3.63, 3.8) is 0 Å². The fourth-order valence-electron chi connectivity index (χ4n) is 2.73. The highest BCUT2D eigenvalue weighted by Crippen LogP contribution is 2.16. The predicted molar refractivity (Wildman–Crippen MR) is 112 cm³/mol. The molecule has 6 nitrogen and oxygen atoms in total. The van der Waals surface area contributed by atoms with E-state index in [0.717, 1.165) is 12.0 Å². The minimum absolute atomic E-state index is 0.142. The highest BCUT2D eigenvalue weighted by molar-refractivity contribution is 6.04. The van der Waals surface area contributed by atoms with E-state index in [4.69, 9.17) is 4.74 Å². The van der Waals surface area contributed by atoms with Gasteiger partial charge in [0.25, 0.3) is 11.8 Å². The van der Waals surface area contributed by atoms with Gasteiger partial charge in [-0.05, 0) is 47.9 Å². The monoisotopic (exact) mass is 389 g/mol. The third-order valence-corrected chi connectivity index (χ3v) is 4.32. The molecular formula is C23H23N3O3. The van der Waals surface area contributed by atoms with Crippen LogP contribution in [0.3, 0.4) is 0 Å². The second-order valence-corrected chi connectivity index (χ2v) is 6.42. The minimum atomic E-state index is -0.336. The van der Waals surface area contributed by atoms with Crippen molar-refractivity contribution in [2.24, 2.45) is 0 Å². The average molecular weight is 389 g/mol. The van der Waals surface area contributed by atoms with Crippen LogP contribution in [-0.4, -0.2) is 23.4 Å². The van der Waals surface area contributed by atoms with Gasteiger partial charge in [0.1, 0.15) is 5.75 Å². The maximum absolute atomic E-state index is 12.5. The topological polar surface area (TPSA) is 80.3 Å². The second kappa shape index (κ2) is 10.0. The Morgan fingerprint density at radius 2 is 1.76 bits per heavy atom. The molecular weight excluding hydrogens is 366 g/mol. The number of aromatic nitrogens is 1. The zero-order valence-corrected chi connectivity index (χ0v) is 16.2. The molecule has 0 fully saturated rings. The first-order valence-corrected chi connectivity index (χ1v) is 9.43. The molecule has 29 heavy (non-hydrogen) atoms. The molecule has 1 aromatic heterocycles. The summed E-state index contributed by atoms with van der Waals surface area (Å²) in [6.45, 7) is 2.29. The quantitative estimate of drug-likeness (QED) is 0.617. The van der Waals surface area contributed by atoms with E-state index in [1.165, 1.54) is 5.56 Å². The molecule has 0 saturated carbocycles. The molecule has 0 spiro atoms. The number of hydrogen-bond donors (Lipinski definition) is 2. The van der Waals surface area contributed by atoms with E-state index in [9.17, 15) is 9.59 Å². The van der Waals surface area contributed by atoms with Crippen molar-refractivity contribution in [1.82, 2.24) is 10.3 Å². The van der Waals surface area contributed by atoms with E-state index in [0.29, 0.717) is 23.5 Å². The van der Waals surface area contributed by atoms with Gasteiger partial charge in [-0.3, -0.25) is 14.6 Å². The Morgan fingerprint density at radius 1 is 0.966 bits per heavy atom. The van der Waals surface area contributed by atoms with Crippen molar-refractivity contribution < 1.29 is 14.3 Å². The molecule has 2 aromatic carbocycles. The second-order valence-electron chi connectivity index (χ2n) is 6.42. The van der Waals surface area contributed by atoms with Crippen LogP contribution < -0.4 is 15.4 Å². The summed E-state index contributed by atoms with van der Waals surface area (Å²) in [6, 6.07) is 18.2. The number of amides is 2. The summed E-state index contributed by atoms with van der Waals surface area (Å²) < 4.78 is 5.53. The van der Waals surface area contributed by atoms with Gasteiger partial charge in [-0.2, -0.15) is 0 Å². The van der Waals surface area contributed by atoms with Gasteiger partial charge in [0.05, 0.1) is 11.3 Å². The highest BCUT2D eigenvalue weighted by Gasteiger charge is 2.13. The number of carbonyl (C=O) groups excluding carboxylic acids is 2. The molecule has 0 aliphatic rings. The Morgan fingerprint density at radius 3 is 2.48 bits per heavy atom. The largest absolute Gasteiger partial charge is 0.484 e. The van der Waals surface area contributed by atoms with E-state index in [-0.39, 0.29) is 18.4 Å². The number of hydrogen-bond acceptors (Lipinski definition) is 4. The summed E-state index contributed by atoms with van der Waals surface area (Å²) in [7, 11) is 0. The van der Waals surface area contributed by atoms with Crippen LogP contribution in [0.25, 0.3) is 0 Å². The smallest absolute Gasteiger partial charge is 0.262 e. The van der Waals surface area contributed by atoms with Crippen molar-refractivity contribution in [1.29, 1.82) is 0 Å². The first kappa shape index (κ1) is 20.1. The number of ether oxygens (including phenoxy) is 1. The van der Waals surface area contributed by atoms with Crippen molar-refractivity contribution in [2.45, 2.75) is 19.9 Å². The van der Waals surface area contributed by atoms with E-state index in [1.54, 1.807) is 36.7 Å². The number of para-hydroxylation sites is 1. The molecule has 0 aliphatic carbocycles. The first-order chi connectivity index (χ1) is 14.2. The Bertz CT molecular complexity index is 957. The zero-order valence-electron chi connectivity index (χ0n) is 16.2. The van der Waals surface area contributed by atoms with Crippen LogP contribution in [0.2, 0.25) is 0 Å². The van der Waals surface area contributed by atoms with Crippen LogP contribution in [0.15, 0.2) is 73.1 Å². The standard InChI is InChI=1S/C23H23N3O3/c1-2-17-9-11-19(12-10-17)29-16-22(27)26-21-8-4-3-7-20(21)23(28)25-15-18-6-5-13-24-14-18/h3-14H,2,15-16H2,1H3,(H,25,28)(H,26,27). The number of nitrogens with zero attached hydrogens (tertiary/aromatic N) is 1. The van der Waals surface area contributed by atoms with Crippen molar-refractivity contribution >= 4 is 17.5 Å². The molecule has 0 atom stereocenters. The molecule has 2 N–H and O–H groups in total. The Kier molecular flexibility index (Phi) is 6.95. The zero-order chi connectivity index (χ0) is 20.5. The van der Waals surface area contributed by atoms with Crippen LogP contribution in [0, 0.1) is 0 Å². The molecule has 3 aromatic rings. The third-order valence-electron chi connectivity index (χ3n) is 4.32. The number of nitrogens with one attached hydrogen (secondary N) is 2. The number of carbonyl (C=O) groups is 2. The normalized spacial score (nSPS) is 10.2. The first-order valence-electron chi connectivity index (χ1n) is 9.43. The Hall–Kier alpha value is -3.67. The van der Waals surface area contributed by atoms with Gasteiger partial charge in [0.15, 0.2) is 6.61 Å². The molecule has 1 heterocycles. The van der Waals surface area contributed by atoms with Crippen LogP contribution in [-0.2, 0) is 17.8 Å². The Balaban J connectivity index is 1.57. The summed E-state index contributed by atoms with van der Waals surface area (Å²) >= 11 is 0. The molecule has 6 heteroatoms. The number of rotatable bonds is 8. The van der Waals surface area contributed by atoms with Crippen molar-refractivity contribution in [3.8, 4) is 5.75 Å². The number of aryl methyl sites for hydroxylation is 1. The lowest BCUT2D eigenvalue weighted by molar-refractivity contribution is -0.118. The lowest BCUT2D eigenvalue weighted by Crippen LogP contribution is -2.26. The molecule has 0 aliphatic heterocycles. The predicted octanol–water partition coefficient (Wildman–Crippen LogP) is 3.59. The molecule has 0 radical (unpaired) electrons. The summed E-state index contributed by atoms with van der Waals surface area (Å²) in [5, 5.41) is 5.58. The summed E-state index contributed by atoms with van der Waals surface area (Å²) in [5.41, 5.74) is 2.92. The van der Waals surface area contributed by atoms with Gasteiger partial charge < -0.3 is 15.4 Å². The van der Waals surface area contributed by atoms with Crippen molar-refractivity contribution in [3.05, 3.63) is 89.7 Å². The number of benzene rings is 2. The van der Waals surface area contributed by atoms with Crippen LogP contribution in [0.4, 0.5) is 5.69 Å². The molecule has 0 bridgehead atoms. The summed E-state index contributed by atoms with van der Waals surface area (Å²) in [5.74, 6) is 0.0118. The van der Waals surface area contributed by atoms with E-state index >= 15 is 0 Å². The van der Waals surface area contributed by atoms with Crippen LogP contribution >= 0.6 is 0 Å². The fraction of sp³-hybridized carbons (Fsp3) is 0.174. The lowest BCUT2D eigenvalue weighted by Gasteiger charge is -2.12. The van der Waals surface area contributed by atoms with Crippen molar-refractivity contribution in [2.75, 3.05) is 11.9 Å². The Labute approximate surface area is 169 Å². The highest BCUT2D eigenvalue weighted by atomic mass is 16.5. The average Bonchev–Trinajstić information content (AvgIpc) is 2.77. The van der Waals surface area contributed by atoms with Gasteiger partial charge in [0.2, 0.25) is 0 Å². The van der Waals surface area contributed by atoms with Gasteiger partial charge in [0, 0.05) is 18.9 Å². The maximum atomic E-state index is 12.5. The van der Waals surface area contributed by atoms with Gasteiger partial charge in [-0.15, -0.1) is 0 Å². The van der Waals surface area contributed by atoms with E-state index < -0.39 is 0 Å². The third kappa shape index (κ3) is 5.90. The molecule has 0 saturated heterocycles. The molecule has 2 amide bonds. The van der Waals surface area contributed by atoms with E-state index in [1.807, 2.05) is 36.4 Å². The number of pyridine rings is 1. The molecule has 148 valence electrons. The molecule has 3 rings (SSSR count). The number of anilines is 1. The summed E-state index contributed by atoms with van der Waals surface area (Å²) in [6.07, 6.45) is 4.31. The maximum Gasteiger partial charge on any atom is 0.262 e. The van der Waals surface area contributed by atoms with Crippen LogP contribution in [0.1, 0.15) is 28.4 Å². The van der Waals surface area contributed by atoms with E-state index in [2.05, 4.69) is 22.5 Å². The lowest BCUT2D eigenvalue weighted by atomic mass is 10.1. The van der Waals surface area contributed by atoms with Gasteiger partial charge in [-0.25, -0.2) is 0 Å². The SMILES string of the molecule is CCc1ccc(OCC(=O)Nc2ccccc2C(=O)NCc2cccnc2)cc1.